The molecule has 1 N–H and O–H groups in total. The predicted octanol–water partition coefficient (Wildman–Crippen LogP) is 3.29. The Kier molecular flexibility index (Phi) is 4.84. The fraction of sp³-hybridized carbons (Fsp3) is 0.364. The summed E-state index contributed by atoms with van der Waals surface area (Å²) in [6.45, 7) is 1.35. The van der Waals surface area contributed by atoms with Crippen LogP contribution in [0.15, 0.2) is 48.5 Å². The number of nitrogens with zero attached hydrogens (tertiary/aromatic N) is 2. The minimum atomic E-state index is -0.0606. The van der Waals surface area contributed by atoms with Gasteiger partial charge in [0.1, 0.15) is 0 Å². The molecule has 3 amide bonds. The second-order valence-electron chi connectivity index (χ2n) is 7.34. The maximum Gasteiger partial charge on any atom is 0.321 e. The molecule has 2 aromatic carbocycles. The molecule has 2 aliphatic rings. The van der Waals surface area contributed by atoms with Gasteiger partial charge < -0.3 is 10.2 Å². The number of aryl methyl sites for hydroxylation is 1. The first kappa shape index (κ1) is 17.6. The highest BCUT2D eigenvalue weighted by atomic mass is 16.2. The van der Waals surface area contributed by atoms with Crippen LogP contribution in [-0.2, 0) is 17.6 Å². The van der Waals surface area contributed by atoms with Gasteiger partial charge in [-0.1, -0.05) is 36.4 Å². The first-order valence-corrected chi connectivity index (χ1v) is 9.61. The average molecular weight is 363 g/mol. The second-order valence-corrected chi connectivity index (χ2v) is 7.34. The van der Waals surface area contributed by atoms with Gasteiger partial charge in [-0.2, -0.15) is 0 Å². The van der Waals surface area contributed by atoms with Gasteiger partial charge >= 0.3 is 6.03 Å². The average Bonchev–Trinajstić information content (AvgIpc) is 3.13. The Balaban J connectivity index is 1.44. The third-order valence-electron chi connectivity index (χ3n) is 5.66. The Hall–Kier alpha value is -2.82. The quantitative estimate of drug-likeness (QED) is 0.906. The zero-order valence-corrected chi connectivity index (χ0v) is 15.6. The van der Waals surface area contributed by atoms with Crippen molar-refractivity contribution in [3.05, 3.63) is 65.2 Å². The summed E-state index contributed by atoms with van der Waals surface area (Å²) in [7, 11) is 1.91. The lowest BCUT2D eigenvalue weighted by molar-refractivity contribution is -0.131. The number of fused-ring (bicyclic) bond motifs is 1. The largest absolute Gasteiger partial charge is 0.338 e. The van der Waals surface area contributed by atoms with Crippen LogP contribution in [0, 0.1) is 0 Å². The molecule has 0 aromatic heterocycles. The molecule has 0 radical (unpaired) electrons. The fourth-order valence-electron chi connectivity index (χ4n) is 4.12. The lowest BCUT2D eigenvalue weighted by atomic mass is 9.87. The number of carbonyl (C=O) groups is 2. The van der Waals surface area contributed by atoms with E-state index in [1.807, 2.05) is 36.2 Å². The van der Waals surface area contributed by atoms with Crippen molar-refractivity contribution in [3.8, 4) is 0 Å². The molecule has 1 heterocycles. The molecule has 1 aliphatic carbocycles. The molecule has 4 rings (SSSR count). The summed E-state index contributed by atoms with van der Waals surface area (Å²) in [5, 5.41) is 2.80. The molecule has 1 fully saturated rings. The molecular weight excluding hydrogens is 338 g/mol. The molecular formula is C22H25N3O2. The van der Waals surface area contributed by atoms with Crippen LogP contribution in [0.25, 0.3) is 0 Å². The molecule has 5 heteroatoms. The van der Waals surface area contributed by atoms with Crippen LogP contribution in [-0.4, -0.2) is 37.0 Å². The number of anilines is 1. The Labute approximate surface area is 160 Å². The van der Waals surface area contributed by atoms with Crippen LogP contribution in [0.3, 0.4) is 0 Å². The van der Waals surface area contributed by atoms with E-state index in [4.69, 9.17) is 0 Å². The van der Waals surface area contributed by atoms with Gasteiger partial charge in [-0.25, -0.2) is 4.79 Å². The zero-order chi connectivity index (χ0) is 18.8. The third kappa shape index (κ3) is 3.54. The van der Waals surface area contributed by atoms with Crippen molar-refractivity contribution in [3.63, 3.8) is 0 Å². The Morgan fingerprint density at radius 1 is 1.19 bits per heavy atom. The number of amides is 3. The van der Waals surface area contributed by atoms with E-state index >= 15 is 0 Å². The Morgan fingerprint density at radius 2 is 1.96 bits per heavy atom. The summed E-state index contributed by atoms with van der Waals surface area (Å²) in [5.41, 5.74) is 4.49. The highest BCUT2D eigenvalue weighted by Crippen LogP contribution is 2.33. The molecule has 27 heavy (non-hydrogen) atoms. The van der Waals surface area contributed by atoms with Crippen molar-refractivity contribution >= 4 is 17.6 Å². The molecule has 0 saturated carbocycles. The lowest BCUT2D eigenvalue weighted by Crippen LogP contribution is -2.34. The van der Waals surface area contributed by atoms with Gasteiger partial charge in [0, 0.05) is 25.8 Å². The van der Waals surface area contributed by atoms with Crippen LogP contribution in [0.5, 0.6) is 0 Å². The number of carbonyl (C=O) groups excluding carboxylic acids is 2. The van der Waals surface area contributed by atoms with Crippen molar-refractivity contribution in [1.82, 2.24) is 10.2 Å². The smallest absolute Gasteiger partial charge is 0.321 e. The van der Waals surface area contributed by atoms with E-state index in [1.165, 1.54) is 11.1 Å². The van der Waals surface area contributed by atoms with Gasteiger partial charge in [0.15, 0.2) is 0 Å². The van der Waals surface area contributed by atoms with E-state index in [-0.39, 0.29) is 18.0 Å². The standard InChI is InChI=1S/C22H25N3O2/c1-24(20-8-4-6-17-5-2-3-7-19(17)20)21(26)15-16-9-11-18(12-10-16)25-14-13-23-22(25)27/h2-3,5,7,9-12,20H,4,6,8,13-15H2,1H3,(H,23,27). The monoisotopic (exact) mass is 363 g/mol. The molecule has 1 aliphatic heterocycles. The van der Waals surface area contributed by atoms with E-state index in [9.17, 15) is 9.59 Å². The van der Waals surface area contributed by atoms with Gasteiger partial charge in [-0.05, 0) is 48.1 Å². The zero-order valence-electron chi connectivity index (χ0n) is 15.6. The van der Waals surface area contributed by atoms with Crippen LogP contribution >= 0.6 is 0 Å². The van der Waals surface area contributed by atoms with E-state index in [1.54, 1.807) is 4.90 Å². The van der Waals surface area contributed by atoms with Crippen LogP contribution in [0.1, 0.15) is 35.6 Å². The Morgan fingerprint density at radius 3 is 2.70 bits per heavy atom. The SMILES string of the molecule is CN(C(=O)Cc1ccc(N2CCNC2=O)cc1)C1CCCc2ccccc21. The topological polar surface area (TPSA) is 52.7 Å². The summed E-state index contributed by atoms with van der Waals surface area (Å²) in [6, 6.07) is 16.3. The summed E-state index contributed by atoms with van der Waals surface area (Å²) in [4.78, 5) is 28.2. The van der Waals surface area contributed by atoms with E-state index in [0.29, 0.717) is 19.5 Å². The summed E-state index contributed by atoms with van der Waals surface area (Å²) in [6.07, 6.45) is 3.61. The third-order valence-corrected chi connectivity index (χ3v) is 5.66. The first-order valence-electron chi connectivity index (χ1n) is 9.61. The van der Waals surface area contributed by atoms with Gasteiger partial charge in [0.25, 0.3) is 0 Å². The van der Waals surface area contributed by atoms with Crippen molar-refractivity contribution in [2.24, 2.45) is 0 Å². The number of urea groups is 1. The molecule has 0 bridgehead atoms. The molecule has 5 nitrogen and oxygen atoms in total. The van der Waals surface area contributed by atoms with Gasteiger partial charge in [0.05, 0.1) is 12.5 Å². The van der Waals surface area contributed by atoms with Gasteiger partial charge in [-0.15, -0.1) is 0 Å². The Bertz CT molecular complexity index is 847. The van der Waals surface area contributed by atoms with Crippen LogP contribution < -0.4 is 10.2 Å². The molecule has 140 valence electrons. The highest BCUT2D eigenvalue weighted by Gasteiger charge is 2.26. The number of rotatable bonds is 4. The van der Waals surface area contributed by atoms with Crippen molar-refractivity contribution in [2.45, 2.75) is 31.7 Å². The van der Waals surface area contributed by atoms with Crippen molar-refractivity contribution in [2.75, 3.05) is 25.0 Å². The van der Waals surface area contributed by atoms with Crippen LogP contribution in [0.4, 0.5) is 10.5 Å². The minimum absolute atomic E-state index is 0.0606. The van der Waals surface area contributed by atoms with E-state index in [0.717, 1.165) is 30.5 Å². The number of likely N-dealkylation sites (N-methyl/N-ethyl adjacent to an activating group) is 1. The summed E-state index contributed by atoms with van der Waals surface area (Å²) >= 11 is 0. The summed E-state index contributed by atoms with van der Waals surface area (Å²) in [5.74, 6) is 0.128. The van der Waals surface area contributed by atoms with Gasteiger partial charge in [-0.3, -0.25) is 9.69 Å². The first-order chi connectivity index (χ1) is 13.1. The second kappa shape index (κ2) is 7.43. The van der Waals surface area contributed by atoms with Crippen molar-refractivity contribution < 1.29 is 9.59 Å². The number of hydrogen-bond donors (Lipinski definition) is 1. The fourth-order valence-corrected chi connectivity index (χ4v) is 4.12. The molecule has 1 atom stereocenters. The van der Waals surface area contributed by atoms with Crippen LogP contribution in [0.2, 0.25) is 0 Å². The van der Waals surface area contributed by atoms with Crippen molar-refractivity contribution in [1.29, 1.82) is 0 Å². The molecule has 1 unspecified atom stereocenters. The molecule has 1 saturated heterocycles. The maximum absolute atomic E-state index is 12.9. The normalized spacial score (nSPS) is 18.8. The number of hydrogen-bond acceptors (Lipinski definition) is 2. The molecule has 0 spiro atoms. The lowest BCUT2D eigenvalue weighted by Gasteiger charge is -2.33. The number of nitrogens with one attached hydrogen (secondary N) is 1. The minimum Gasteiger partial charge on any atom is -0.338 e. The van der Waals surface area contributed by atoms with E-state index < -0.39 is 0 Å². The number of benzene rings is 2. The predicted molar refractivity (Wildman–Crippen MR) is 106 cm³/mol. The van der Waals surface area contributed by atoms with E-state index in [2.05, 4.69) is 29.6 Å². The molecule has 2 aromatic rings. The maximum atomic E-state index is 12.9. The summed E-state index contributed by atoms with van der Waals surface area (Å²) < 4.78 is 0. The highest BCUT2D eigenvalue weighted by molar-refractivity contribution is 5.94. The van der Waals surface area contributed by atoms with Gasteiger partial charge in [0.2, 0.25) is 5.91 Å².